The van der Waals surface area contributed by atoms with Crippen molar-refractivity contribution in [2.45, 2.75) is 19.3 Å². The number of hydrogen-bond acceptors (Lipinski definition) is 3. The summed E-state index contributed by atoms with van der Waals surface area (Å²) in [5.41, 5.74) is 1.93. The summed E-state index contributed by atoms with van der Waals surface area (Å²) >= 11 is 0. The fraction of sp³-hybridized carbons (Fsp3) is 0.316. The molecule has 0 atom stereocenters. The van der Waals surface area contributed by atoms with Gasteiger partial charge in [-0.05, 0) is 23.3 Å². The van der Waals surface area contributed by atoms with Gasteiger partial charge in [0.2, 0.25) is 0 Å². The second kappa shape index (κ2) is 11.6. The van der Waals surface area contributed by atoms with Crippen LogP contribution in [0.25, 0.3) is 0 Å². The number of rotatable bonds is 7. The van der Waals surface area contributed by atoms with Gasteiger partial charge < -0.3 is 20.1 Å². The van der Waals surface area contributed by atoms with Gasteiger partial charge in [-0.2, -0.15) is 13.2 Å². The van der Waals surface area contributed by atoms with Gasteiger partial charge in [0.1, 0.15) is 0 Å². The molecule has 0 radical (unpaired) electrons. The zero-order chi connectivity index (χ0) is 19.7. The number of aliphatic imine (C=N–C) groups is 1. The standard InChI is InChI=1S/C19H22F3N3O2.HI/c1-23-18(24-11-14-6-4-3-5-7-14)25-12-15-8-9-16(17(10-15)26-2)27-13-19(20,21)22;/h3-10H,11-13H2,1-2H3,(H2,23,24,25);1H. The highest BCUT2D eigenvalue weighted by molar-refractivity contribution is 14.0. The van der Waals surface area contributed by atoms with Crippen LogP contribution < -0.4 is 20.1 Å². The molecule has 0 saturated heterocycles. The number of benzene rings is 2. The molecule has 0 aliphatic heterocycles. The minimum absolute atomic E-state index is 0. The maximum Gasteiger partial charge on any atom is 0.422 e. The summed E-state index contributed by atoms with van der Waals surface area (Å²) in [4.78, 5) is 4.15. The van der Waals surface area contributed by atoms with E-state index < -0.39 is 12.8 Å². The molecule has 5 nitrogen and oxygen atoms in total. The number of guanidine groups is 1. The molecule has 0 aliphatic rings. The maximum atomic E-state index is 12.3. The van der Waals surface area contributed by atoms with Crippen molar-refractivity contribution in [2.75, 3.05) is 20.8 Å². The minimum Gasteiger partial charge on any atom is -0.493 e. The van der Waals surface area contributed by atoms with Gasteiger partial charge in [0, 0.05) is 20.1 Å². The van der Waals surface area contributed by atoms with Gasteiger partial charge in [0.05, 0.1) is 7.11 Å². The van der Waals surface area contributed by atoms with E-state index in [2.05, 4.69) is 15.6 Å². The molecule has 154 valence electrons. The molecule has 0 amide bonds. The van der Waals surface area contributed by atoms with E-state index >= 15 is 0 Å². The molecule has 0 heterocycles. The predicted octanol–water partition coefficient (Wildman–Crippen LogP) is 4.12. The molecule has 9 heteroatoms. The molecule has 0 bridgehead atoms. The molecule has 0 fully saturated rings. The smallest absolute Gasteiger partial charge is 0.422 e. The molecule has 0 unspecified atom stereocenters. The summed E-state index contributed by atoms with van der Waals surface area (Å²) in [7, 11) is 3.04. The molecular formula is C19H23F3IN3O2. The average molecular weight is 509 g/mol. The van der Waals surface area contributed by atoms with Crippen molar-refractivity contribution in [3.8, 4) is 11.5 Å². The Morgan fingerprint density at radius 3 is 2.18 bits per heavy atom. The molecule has 0 aliphatic carbocycles. The molecule has 2 N–H and O–H groups in total. The number of halogens is 4. The van der Waals surface area contributed by atoms with E-state index in [1.54, 1.807) is 19.2 Å². The number of hydrogen-bond donors (Lipinski definition) is 2. The van der Waals surface area contributed by atoms with E-state index in [9.17, 15) is 13.2 Å². The van der Waals surface area contributed by atoms with Crippen molar-refractivity contribution in [3.05, 3.63) is 59.7 Å². The van der Waals surface area contributed by atoms with Crippen molar-refractivity contribution in [3.63, 3.8) is 0 Å². The van der Waals surface area contributed by atoms with Crippen LogP contribution in [0, 0.1) is 0 Å². The van der Waals surface area contributed by atoms with E-state index in [1.807, 2.05) is 30.3 Å². The molecule has 2 aromatic carbocycles. The third kappa shape index (κ3) is 8.24. The summed E-state index contributed by atoms with van der Waals surface area (Å²) in [6, 6.07) is 14.6. The first kappa shape index (κ1) is 23.9. The Labute approximate surface area is 179 Å². The Balaban J connectivity index is 0.00000392. The average Bonchev–Trinajstić information content (AvgIpc) is 2.67. The number of nitrogens with one attached hydrogen (secondary N) is 2. The first-order chi connectivity index (χ1) is 12.9. The number of ether oxygens (including phenoxy) is 2. The van der Waals surface area contributed by atoms with Crippen molar-refractivity contribution < 1.29 is 22.6 Å². The molecule has 0 aromatic heterocycles. The lowest BCUT2D eigenvalue weighted by molar-refractivity contribution is -0.153. The maximum absolute atomic E-state index is 12.3. The van der Waals surface area contributed by atoms with Crippen LogP contribution in [0.4, 0.5) is 13.2 Å². The lowest BCUT2D eigenvalue weighted by atomic mass is 10.2. The summed E-state index contributed by atoms with van der Waals surface area (Å²) in [5, 5.41) is 6.34. The Bertz CT molecular complexity index is 756. The first-order valence-corrected chi connectivity index (χ1v) is 8.26. The van der Waals surface area contributed by atoms with Crippen molar-refractivity contribution in [1.82, 2.24) is 10.6 Å². The molecule has 0 saturated carbocycles. The predicted molar refractivity (Wildman–Crippen MR) is 113 cm³/mol. The van der Waals surface area contributed by atoms with Crippen LogP contribution in [0.1, 0.15) is 11.1 Å². The van der Waals surface area contributed by atoms with Crippen LogP contribution in [0.3, 0.4) is 0 Å². The largest absolute Gasteiger partial charge is 0.493 e. The van der Waals surface area contributed by atoms with Gasteiger partial charge >= 0.3 is 6.18 Å². The Morgan fingerprint density at radius 2 is 1.61 bits per heavy atom. The first-order valence-electron chi connectivity index (χ1n) is 8.26. The molecule has 2 aromatic rings. The van der Waals surface area contributed by atoms with Crippen LogP contribution in [-0.2, 0) is 13.1 Å². The van der Waals surface area contributed by atoms with Crippen LogP contribution >= 0.6 is 24.0 Å². The van der Waals surface area contributed by atoms with Gasteiger partial charge in [0.25, 0.3) is 0 Å². The van der Waals surface area contributed by atoms with E-state index in [1.165, 1.54) is 13.2 Å². The fourth-order valence-corrected chi connectivity index (χ4v) is 2.29. The van der Waals surface area contributed by atoms with Gasteiger partial charge in [-0.15, -0.1) is 24.0 Å². The van der Waals surface area contributed by atoms with E-state index in [4.69, 9.17) is 9.47 Å². The third-order valence-electron chi connectivity index (χ3n) is 3.61. The van der Waals surface area contributed by atoms with Crippen molar-refractivity contribution in [1.29, 1.82) is 0 Å². The monoisotopic (exact) mass is 509 g/mol. The number of methoxy groups -OCH3 is 1. The zero-order valence-electron chi connectivity index (χ0n) is 15.5. The third-order valence-corrected chi connectivity index (χ3v) is 3.61. The summed E-state index contributed by atoms with van der Waals surface area (Å²) < 4.78 is 46.8. The summed E-state index contributed by atoms with van der Waals surface area (Å²) in [5.74, 6) is 0.895. The van der Waals surface area contributed by atoms with Crippen molar-refractivity contribution >= 4 is 29.9 Å². The fourth-order valence-electron chi connectivity index (χ4n) is 2.29. The second-order valence-electron chi connectivity index (χ2n) is 5.65. The van der Waals surface area contributed by atoms with Crippen molar-refractivity contribution in [2.24, 2.45) is 4.99 Å². The second-order valence-corrected chi connectivity index (χ2v) is 5.65. The van der Waals surface area contributed by atoms with E-state index in [0.717, 1.165) is 11.1 Å². The molecule has 0 spiro atoms. The SMILES string of the molecule is CN=C(NCc1ccccc1)NCc1ccc(OCC(F)(F)F)c(OC)c1.I. The number of alkyl halides is 3. The highest BCUT2D eigenvalue weighted by Crippen LogP contribution is 2.29. The minimum atomic E-state index is -4.40. The Morgan fingerprint density at radius 1 is 0.964 bits per heavy atom. The lowest BCUT2D eigenvalue weighted by Gasteiger charge is -2.15. The summed E-state index contributed by atoms with van der Waals surface area (Å²) in [6.07, 6.45) is -4.40. The van der Waals surface area contributed by atoms with Crippen LogP contribution in [-0.4, -0.2) is 32.9 Å². The van der Waals surface area contributed by atoms with Crippen LogP contribution in [0.15, 0.2) is 53.5 Å². The molecule has 2 rings (SSSR count). The van der Waals surface area contributed by atoms with E-state index in [-0.39, 0.29) is 35.5 Å². The highest BCUT2D eigenvalue weighted by Gasteiger charge is 2.29. The quantitative estimate of drug-likeness (QED) is 0.335. The Hall–Kier alpha value is -2.17. The Kier molecular flexibility index (Phi) is 9.91. The normalized spacial score (nSPS) is 11.4. The zero-order valence-corrected chi connectivity index (χ0v) is 17.9. The molecular weight excluding hydrogens is 486 g/mol. The highest BCUT2D eigenvalue weighted by atomic mass is 127. The van der Waals surface area contributed by atoms with Gasteiger partial charge in [0.15, 0.2) is 24.1 Å². The lowest BCUT2D eigenvalue weighted by Crippen LogP contribution is -2.36. The van der Waals surface area contributed by atoms with Crippen LogP contribution in [0.5, 0.6) is 11.5 Å². The van der Waals surface area contributed by atoms with E-state index in [0.29, 0.717) is 19.0 Å². The van der Waals surface area contributed by atoms with Gasteiger partial charge in [-0.25, -0.2) is 0 Å². The van der Waals surface area contributed by atoms with Gasteiger partial charge in [-0.3, -0.25) is 4.99 Å². The van der Waals surface area contributed by atoms with Crippen LogP contribution in [0.2, 0.25) is 0 Å². The van der Waals surface area contributed by atoms with Gasteiger partial charge in [-0.1, -0.05) is 36.4 Å². The summed E-state index contributed by atoms with van der Waals surface area (Å²) in [6.45, 7) is -0.324. The number of nitrogens with zero attached hydrogens (tertiary/aromatic N) is 1. The topological polar surface area (TPSA) is 54.9 Å². The molecule has 28 heavy (non-hydrogen) atoms.